The Labute approximate surface area is 335 Å². The Morgan fingerprint density at radius 1 is 0.982 bits per heavy atom. The van der Waals surface area contributed by atoms with Crippen molar-refractivity contribution in [1.82, 2.24) is 0 Å². The maximum Gasteiger partial charge on any atom is 0.514 e. The fourth-order valence-electron chi connectivity index (χ4n) is 10.3. The molecule has 11 nitrogen and oxygen atoms in total. The number of ether oxygens (including phenoxy) is 5. The SMILES string of the molecule is CCCCCCC(=O)OC1(C(=O)COC(=O)Oc2ccc(C=CC(=O)OCCCCC)cc2OC)C(C)CC2C3CCC4=CC(=O)C=CC4(C)C3(F)C(O)CC21C. The van der Waals surface area contributed by atoms with Crippen molar-refractivity contribution in [3.63, 3.8) is 0 Å². The van der Waals surface area contributed by atoms with Crippen LogP contribution >= 0.6 is 0 Å². The summed E-state index contributed by atoms with van der Waals surface area (Å²) >= 11 is 0. The molecule has 0 heterocycles. The van der Waals surface area contributed by atoms with Crippen molar-refractivity contribution in [3.05, 3.63) is 53.6 Å². The van der Waals surface area contributed by atoms with E-state index in [9.17, 15) is 29.1 Å². The standard InChI is InChI=1S/C45H59FO11/c1-7-9-11-12-14-40(51)57-45(29(3)24-34-33-18-17-31-26-32(47)21-22-42(31,4)44(33,46)37(48)27-43(34,45)5)38(49)28-55-41(52)56-35-19-15-30(25-36(35)53-6)16-20-39(50)54-23-13-10-8-2/h15-16,19-22,25-26,29,33-34,37,48H,7-14,17-18,23-24,27-28H2,1-6H3. The first-order valence-corrected chi connectivity index (χ1v) is 20.5. The van der Waals surface area contributed by atoms with E-state index < -0.39 is 76.4 Å². The minimum absolute atomic E-state index is 0.00363. The van der Waals surface area contributed by atoms with E-state index in [0.717, 1.165) is 38.5 Å². The Bertz CT molecular complexity index is 1780. The first-order chi connectivity index (χ1) is 27.1. The summed E-state index contributed by atoms with van der Waals surface area (Å²) in [6, 6.07) is 4.60. The number of aliphatic hydroxyl groups is 1. The van der Waals surface area contributed by atoms with Crippen molar-refractivity contribution in [1.29, 1.82) is 0 Å². The first kappa shape index (κ1) is 43.8. The number of rotatable bonds is 17. The Kier molecular flexibility index (Phi) is 13.9. The van der Waals surface area contributed by atoms with Crippen LogP contribution in [0.15, 0.2) is 48.1 Å². The highest BCUT2D eigenvalue weighted by Crippen LogP contribution is 2.71. The Balaban J connectivity index is 1.36. The van der Waals surface area contributed by atoms with Crippen LogP contribution in [0.5, 0.6) is 11.5 Å². The molecule has 5 rings (SSSR count). The van der Waals surface area contributed by atoms with Gasteiger partial charge in [-0.3, -0.25) is 14.4 Å². The monoisotopic (exact) mass is 794 g/mol. The first-order valence-electron chi connectivity index (χ1n) is 20.5. The summed E-state index contributed by atoms with van der Waals surface area (Å²) in [7, 11) is 1.38. The summed E-state index contributed by atoms with van der Waals surface area (Å²) in [5.41, 5.74) is -5.25. The molecule has 1 aromatic carbocycles. The number of Topliss-reactive ketones (excluding diaryl/α,β-unsaturated/α-hetero) is 1. The summed E-state index contributed by atoms with van der Waals surface area (Å²) < 4.78 is 45.6. The van der Waals surface area contributed by atoms with Crippen LogP contribution in [0.3, 0.4) is 0 Å². The summed E-state index contributed by atoms with van der Waals surface area (Å²) in [5, 5.41) is 11.9. The van der Waals surface area contributed by atoms with Crippen molar-refractivity contribution in [2.45, 2.75) is 129 Å². The number of ketones is 2. The molecular formula is C45H59FO11. The van der Waals surface area contributed by atoms with Crippen molar-refractivity contribution in [2.75, 3.05) is 20.3 Å². The average molecular weight is 795 g/mol. The zero-order valence-corrected chi connectivity index (χ0v) is 34.2. The zero-order valence-electron chi connectivity index (χ0n) is 34.2. The number of allylic oxidation sites excluding steroid dienone is 4. The van der Waals surface area contributed by atoms with Crippen molar-refractivity contribution < 1.29 is 57.2 Å². The molecule has 8 atom stereocenters. The van der Waals surface area contributed by atoms with Gasteiger partial charge in [-0.1, -0.05) is 77.5 Å². The largest absolute Gasteiger partial charge is 0.514 e. The molecule has 3 fully saturated rings. The molecular weight excluding hydrogens is 735 g/mol. The third kappa shape index (κ3) is 8.34. The van der Waals surface area contributed by atoms with E-state index in [0.29, 0.717) is 43.4 Å². The Morgan fingerprint density at radius 3 is 2.44 bits per heavy atom. The number of esters is 2. The van der Waals surface area contributed by atoms with Crippen molar-refractivity contribution in [3.8, 4) is 11.5 Å². The summed E-state index contributed by atoms with van der Waals surface area (Å²) in [5.74, 6) is -3.64. The number of fused-ring (bicyclic) bond motifs is 5. The quantitative estimate of drug-likeness (QED) is 0.0532. The molecule has 0 aromatic heterocycles. The van der Waals surface area contributed by atoms with Crippen LogP contribution in [0, 0.1) is 28.6 Å². The van der Waals surface area contributed by atoms with Crippen molar-refractivity contribution in [2.24, 2.45) is 28.6 Å². The van der Waals surface area contributed by atoms with E-state index in [2.05, 4.69) is 13.8 Å². The van der Waals surface area contributed by atoms with Gasteiger partial charge >= 0.3 is 18.1 Å². The van der Waals surface area contributed by atoms with Crippen LogP contribution in [0.2, 0.25) is 0 Å². The van der Waals surface area contributed by atoms with E-state index >= 15 is 4.39 Å². The molecule has 12 heteroatoms. The van der Waals surface area contributed by atoms with Gasteiger partial charge in [-0.15, -0.1) is 0 Å². The van der Waals surface area contributed by atoms with Crippen molar-refractivity contribution >= 4 is 35.7 Å². The number of alkyl halides is 1. The third-order valence-electron chi connectivity index (χ3n) is 13.2. The van der Waals surface area contributed by atoms with Gasteiger partial charge in [0.1, 0.15) is 0 Å². The van der Waals surface area contributed by atoms with Crippen LogP contribution < -0.4 is 9.47 Å². The summed E-state index contributed by atoms with van der Waals surface area (Å²) in [4.78, 5) is 65.8. The highest BCUT2D eigenvalue weighted by Gasteiger charge is 2.77. The van der Waals surface area contributed by atoms with E-state index in [1.807, 2.05) is 0 Å². The van der Waals surface area contributed by atoms with Crippen LogP contribution in [-0.4, -0.2) is 72.5 Å². The molecule has 1 aromatic rings. The number of aliphatic hydroxyl groups excluding tert-OH is 1. The van der Waals surface area contributed by atoms with E-state index in [4.69, 9.17) is 23.7 Å². The van der Waals surface area contributed by atoms with E-state index in [1.54, 1.807) is 39.0 Å². The molecule has 0 amide bonds. The number of hydrogen-bond donors (Lipinski definition) is 1. The molecule has 1 N–H and O–H groups in total. The van der Waals surface area contributed by atoms with Gasteiger partial charge in [0.15, 0.2) is 35.2 Å². The van der Waals surface area contributed by atoms with Gasteiger partial charge in [0.05, 0.1) is 19.8 Å². The van der Waals surface area contributed by atoms with Crippen LogP contribution in [-0.2, 0) is 33.4 Å². The van der Waals surface area contributed by atoms with Gasteiger partial charge in [0.25, 0.3) is 0 Å². The molecule has 312 valence electrons. The maximum absolute atomic E-state index is 17.9. The molecule has 3 saturated carbocycles. The fraction of sp³-hybridized carbons (Fsp3) is 0.622. The summed E-state index contributed by atoms with van der Waals surface area (Å²) in [6.45, 7) is 8.93. The van der Waals surface area contributed by atoms with E-state index in [1.165, 1.54) is 37.5 Å². The van der Waals surface area contributed by atoms with Crippen LogP contribution in [0.4, 0.5) is 9.18 Å². The second-order valence-corrected chi connectivity index (χ2v) is 16.6. The molecule has 57 heavy (non-hydrogen) atoms. The molecule has 0 radical (unpaired) electrons. The van der Waals surface area contributed by atoms with Crippen LogP contribution in [0.25, 0.3) is 6.08 Å². The molecule has 4 aliphatic carbocycles. The lowest BCUT2D eigenvalue weighted by molar-refractivity contribution is -0.228. The number of benzene rings is 1. The smallest absolute Gasteiger partial charge is 0.493 e. The molecule has 8 unspecified atom stereocenters. The van der Waals surface area contributed by atoms with Crippen LogP contribution in [0.1, 0.15) is 117 Å². The van der Waals surface area contributed by atoms with Gasteiger partial charge in [0, 0.05) is 35.2 Å². The van der Waals surface area contributed by atoms with Gasteiger partial charge in [-0.25, -0.2) is 14.0 Å². The average Bonchev–Trinajstić information content (AvgIpc) is 3.39. The Morgan fingerprint density at radius 2 is 1.72 bits per heavy atom. The number of halogens is 1. The predicted octanol–water partition coefficient (Wildman–Crippen LogP) is 8.40. The maximum atomic E-state index is 17.9. The second-order valence-electron chi connectivity index (χ2n) is 16.6. The molecule has 0 saturated heterocycles. The normalized spacial score (nSPS) is 31.4. The molecule has 0 aliphatic heterocycles. The van der Waals surface area contributed by atoms with Gasteiger partial charge in [0.2, 0.25) is 5.78 Å². The second kappa shape index (κ2) is 18.1. The van der Waals surface area contributed by atoms with Gasteiger partial charge < -0.3 is 28.8 Å². The lowest BCUT2D eigenvalue weighted by atomic mass is 9.44. The molecule has 0 spiro atoms. The number of hydrogen-bond acceptors (Lipinski definition) is 11. The predicted molar refractivity (Wildman–Crippen MR) is 210 cm³/mol. The van der Waals surface area contributed by atoms with E-state index in [-0.39, 0.29) is 30.1 Å². The minimum atomic E-state index is -2.15. The molecule has 0 bridgehead atoms. The number of unbranched alkanes of at least 4 members (excludes halogenated alkanes) is 5. The number of carbonyl (C=O) groups excluding carboxylic acids is 5. The zero-order chi connectivity index (χ0) is 41.6. The highest BCUT2D eigenvalue weighted by atomic mass is 19.1. The number of carbonyl (C=O) groups is 5. The lowest BCUT2D eigenvalue weighted by Crippen LogP contribution is -2.70. The topological polar surface area (TPSA) is 152 Å². The molecule has 4 aliphatic rings. The fourth-order valence-corrected chi connectivity index (χ4v) is 10.3. The number of methoxy groups -OCH3 is 1. The lowest BCUT2D eigenvalue weighted by Gasteiger charge is -2.62. The minimum Gasteiger partial charge on any atom is -0.493 e. The summed E-state index contributed by atoms with van der Waals surface area (Å²) in [6.07, 6.45) is 11.4. The van der Waals surface area contributed by atoms with Gasteiger partial charge in [-0.2, -0.15) is 0 Å². The third-order valence-corrected chi connectivity index (χ3v) is 13.2. The Hall–Kier alpha value is -4.32. The highest BCUT2D eigenvalue weighted by molar-refractivity contribution is 6.01. The van der Waals surface area contributed by atoms with Gasteiger partial charge in [-0.05, 0) is 87.3 Å².